The fraction of sp³-hybridized carbons (Fsp3) is 0.809. The number of hydrogen-bond acceptors (Lipinski definition) is 6. The lowest BCUT2D eigenvalue weighted by Gasteiger charge is -2.18. The van der Waals surface area contributed by atoms with E-state index in [2.05, 4.69) is 81.5 Å². The van der Waals surface area contributed by atoms with Gasteiger partial charge in [0.15, 0.2) is 6.10 Å². The molecule has 0 aliphatic heterocycles. The minimum atomic E-state index is -0.801. The van der Waals surface area contributed by atoms with Crippen LogP contribution in [-0.2, 0) is 28.6 Å². The molecule has 430 valence electrons. The van der Waals surface area contributed by atoms with Gasteiger partial charge in [-0.2, -0.15) is 0 Å². The normalized spacial score (nSPS) is 12.4. The molecule has 0 bridgehead atoms. The molecule has 0 spiro atoms. The van der Waals surface area contributed by atoms with Gasteiger partial charge in [0.1, 0.15) is 13.2 Å². The summed E-state index contributed by atoms with van der Waals surface area (Å²) in [5.74, 6) is -0.931. The maximum Gasteiger partial charge on any atom is 0.306 e. The van der Waals surface area contributed by atoms with Gasteiger partial charge in [-0.05, 0) is 57.8 Å². The smallest absolute Gasteiger partial charge is 0.306 e. The Morgan fingerprint density at radius 2 is 0.527 bits per heavy atom. The maximum atomic E-state index is 12.9. The monoisotopic (exact) mass is 1030 g/mol. The summed E-state index contributed by atoms with van der Waals surface area (Å²) >= 11 is 0. The van der Waals surface area contributed by atoms with E-state index in [4.69, 9.17) is 14.2 Å². The van der Waals surface area contributed by atoms with Gasteiger partial charge in [-0.15, -0.1) is 0 Å². The van der Waals surface area contributed by atoms with Gasteiger partial charge in [0.25, 0.3) is 0 Å². The van der Waals surface area contributed by atoms with E-state index in [0.717, 1.165) is 77.0 Å². The second kappa shape index (κ2) is 62.6. The Balaban J connectivity index is 4.31. The number of carbonyl (C=O) groups is 3. The van der Waals surface area contributed by atoms with Crippen LogP contribution in [-0.4, -0.2) is 37.2 Å². The minimum absolute atomic E-state index is 0.0923. The van der Waals surface area contributed by atoms with E-state index in [1.807, 2.05) is 0 Å². The number of esters is 3. The van der Waals surface area contributed by atoms with Crippen LogP contribution in [0.3, 0.4) is 0 Å². The molecule has 0 radical (unpaired) electrons. The lowest BCUT2D eigenvalue weighted by Crippen LogP contribution is -2.30. The molecule has 1 atom stereocenters. The van der Waals surface area contributed by atoms with Gasteiger partial charge in [-0.25, -0.2) is 0 Å². The Bertz CT molecular complexity index is 1330. The fourth-order valence-corrected chi connectivity index (χ4v) is 9.48. The second-order valence-corrected chi connectivity index (χ2v) is 21.7. The third-order valence-corrected chi connectivity index (χ3v) is 14.3. The Kier molecular flexibility index (Phi) is 60.2. The topological polar surface area (TPSA) is 78.9 Å². The maximum absolute atomic E-state index is 12.9. The average Bonchev–Trinajstić information content (AvgIpc) is 3.40. The Labute approximate surface area is 460 Å². The molecule has 74 heavy (non-hydrogen) atoms. The summed E-state index contributed by atoms with van der Waals surface area (Å²) in [6, 6.07) is 0. The highest BCUT2D eigenvalue weighted by atomic mass is 16.6. The van der Waals surface area contributed by atoms with Crippen molar-refractivity contribution in [1.29, 1.82) is 0 Å². The van der Waals surface area contributed by atoms with E-state index in [0.29, 0.717) is 19.3 Å². The van der Waals surface area contributed by atoms with Gasteiger partial charge in [-0.1, -0.05) is 319 Å². The summed E-state index contributed by atoms with van der Waals surface area (Å²) in [5.41, 5.74) is 0. The van der Waals surface area contributed by atoms with Crippen LogP contribution in [0, 0.1) is 0 Å². The van der Waals surface area contributed by atoms with E-state index in [-0.39, 0.29) is 37.5 Å². The quantitative estimate of drug-likeness (QED) is 0.0261. The number of allylic oxidation sites excluding steroid dienone is 10. The molecule has 0 N–H and O–H groups in total. The second-order valence-electron chi connectivity index (χ2n) is 21.7. The molecule has 0 aromatic heterocycles. The summed E-state index contributed by atoms with van der Waals surface area (Å²) in [6.45, 7) is 6.53. The third kappa shape index (κ3) is 60.0. The Morgan fingerprint density at radius 3 is 0.811 bits per heavy atom. The third-order valence-electron chi connectivity index (χ3n) is 14.3. The Morgan fingerprint density at radius 1 is 0.284 bits per heavy atom. The van der Waals surface area contributed by atoms with Gasteiger partial charge < -0.3 is 14.2 Å². The first kappa shape index (κ1) is 71.1. The standard InChI is InChI=1S/C68H122O6/c1-4-7-10-13-16-19-22-25-28-30-31-32-33-34-35-36-37-39-40-43-46-49-52-55-58-61-67(70)73-64-65(63-72-66(69)60-57-54-51-48-45-42-27-24-21-18-15-12-9-6-3)74-68(71)62-59-56-53-50-47-44-41-38-29-26-23-20-17-14-11-8-5-2/h8,11,17,20,26,29,41,44,50,53,65H,4-7,9-10,12-16,18-19,21-25,27-28,30-40,42-43,45-49,51-52,54-64H2,1-3H3/b11-8-,20-17-,29-26-,44-41-,53-50-. The number of carbonyl (C=O) groups excluding carboxylic acids is 3. The molecule has 6 nitrogen and oxygen atoms in total. The van der Waals surface area contributed by atoms with Crippen molar-refractivity contribution in [3.05, 3.63) is 60.8 Å². The molecular weight excluding hydrogens is 913 g/mol. The molecule has 0 heterocycles. The number of rotatable bonds is 59. The van der Waals surface area contributed by atoms with Gasteiger partial charge in [0, 0.05) is 19.3 Å². The van der Waals surface area contributed by atoms with Gasteiger partial charge in [-0.3, -0.25) is 14.4 Å². The highest BCUT2D eigenvalue weighted by molar-refractivity contribution is 5.71. The molecule has 1 unspecified atom stereocenters. The molecule has 0 aromatic carbocycles. The van der Waals surface area contributed by atoms with Gasteiger partial charge in [0.2, 0.25) is 0 Å². The Hall–Kier alpha value is -2.89. The molecule has 0 aliphatic carbocycles. The molecule has 0 amide bonds. The van der Waals surface area contributed by atoms with Crippen molar-refractivity contribution in [2.75, 3.05) is 13.2 Å². The van der Waals surface area contributed by atoms with Crippen LogP contribution in [0.5, 0.6) is 0 Å². The van der Waals surface area contributed by atoms with Gasteiger partial charge in [0.05, 0.1) is 0 Å². The van der Waals surface area contributed by atoms with Crippen molar-refractivity contribution < 1.29 is 28.6 Å². The van der Waals surface area contributed by atoms with Crippen molar-refractivity contribution in [1.82, 2.24) is 0 Å². The zero-order valence-corrected chi connectivity index (χ0v) is 49.4. The van der Waals surface area contributed by atoms with Gasteiger partial charge >= 0.3 is 17.9 Å². The molecule has 6 heteroatoms. The van der Waals surface area contributed by atoms with E-state index in [9.17, 15) is 14.4 Å². The van der Waals surface area contributed by atoms with Crippen LogP contribution in [0.1, 0.15) is 335 Å². The summed E-state index contributed by atoms with van der Waals surface area (Å²) < 4.78 is 16.9. The number of ether oxygens (including phenoxy) is 3. The summed E-state index contributed by atoms with van der Waals surface area (Å²) in [7, 11) is 0. The van der Waals surface area contributed by atoms with Crippen molar-refractivity contribution >= 4 is 17.9 Å². The van der Waals surface area contributed by atoms with Crippen LogP contribution in [0.15, 0.2) is 60.8 Å². The van der Waals surface area contributed by atoms with Crippen LogP contribution in [0.2, 0.25) is 0 Å². The highest BCUT2D eigenvalue weighted by Gasteiger charge is 2.19. The van der Waals surface area contributed by atoms with Crippen molar-refractivity contribution in [3.8, 4) is 0 Å². The highest BCUT2D eigenvalue weighted by Crippen LogP contribution is 2.18. The van der Waals surface area contributed by atoms with E-state index >= 15 is 0 Å². The first-order valence-electron chi connectivity index (χ1n) is 32.3. The lowest BCUT2D eigenvalue weighted by molar-refractivity contribution is -0.167. The zero-order chi connectivity index (χ0) is 53.6. The predicted octanol–water partition coefficient (Wildman–Crippen LogP) is 21.9. The molecule has 0 fully saturated rings. The summed E-state index contributed by atoms with van der Waals surface area (Å²) in [5, 5.41) is 0. The molecule has 0 saturated carbocycles. The minimum Gasteiger partial charge on any atom is -0.462 e. The van der Waals surface area contributed by atoms with E-state index in [1.54, 1.807) is 0 Å². The van der Waals surface area contributed by atoms with E-state index < -0.39 is 6.10 Å². The molecule has 0 aliphatic rings. The van der Waals surface area contributed by atoms with Crippen LogP contribution >= 0.6 is 0 Å². The predicted molar refractivity (Wildman–Crippen MR) is 321 cm³/mol. The molecule has 0 rings (SSSR count). The van der Waals surface area contributed by atoms with Crippen molar-refractivity contribution in [2.24, 2.45) is 0 Å². The van der Waals surface area contributed by atoms with Crippen LogP contribution in [0.4, 0.5) is 0 Å². The van der Waals surface area contributed by atoms with Crippen molar-refractivity contribution in [3.63, 3.8) is 0 Å². The van der Waals surface area contributed by atoms with Crippen LogP contribution in [0.25, 0.3) is 0 Å². The fourth-order valence-electron chi connectivity index (χ4n) is 9.48. The molecule has 0 aromatic rings. The van der Waals surface area contributed by atoms with Crippen molar-refractivity contribution in [2.45, 2.75) is 341 Å². The molecular formula is C68H122O6. The zero-order valence-electron chi connectivity index (χ0n) is 49.4. The first-order valence-corrected chi connectivity index (χ1v) is 32.3. The number of unbranched alkanes of at least 4 members (excludes halogenated alkanes) is 38. The average molecular weight is 1040 g/mol. The van der Waals surface area contributed by atoms with Crippen LogP contribution < -0.4 is 0 Å². The first-order chi connectivity index (χ1) is 36.5. The lowest BCUT2D eigenvalue weighted by atomic mass is 10.0. The summed E-state index contributed by atoms with van der Waals surface area (Å²) in [6.07, 6.45) is 79.6. The van der Waals surface area contributed by atoms with E-state index in [1.165, 1.54) is 212 Å². The number of hydrogen-bond donors (Lipinski definition) is 0. The SMILES string of the molecule is CC/C=C\C/C=C\C/C=C\C/C=C\C/C=C\CCCC(=O)OC(COC(=O)CCCCCCCCCCCCCCCC)COC(=O)CCCCCCCCCCCCCCCCCCCCCCCCCCC. The molecule has 0 saturated heterocycles. The largest absolute Gasteiger partial charge is 0.462 e. The summed E-state index contributed by atoms with van der Waals surface area (Å²) in [4.78, 5) is 38.3.